The summed E-state index contributed by atoms with van der Waals surface area (Å²) < 4.78 is 5.61. The third-order valence-corrected chi connectivity index (χ3v) is 4.21. The Morgan fingerprint density at radius 1 is 1.32 bits per heavy atom. The lowest BCUT2D eigenvalue weighted by molar-refractivity contribution is 0.372. The number of benzene rings is 2. The van der Waals surface area contributed by atoms with Gasteiger partial charge in [0.1, 0.15) is 0 Å². The number of nitrogens with zero attached hydrogens (tertiary/aromatic N) is 1. The molecule has 0 heterocycles. The number of aromatic hydroxyl groups is 1. The van der Waals surface area contributed by atoms with Crippen LogP contribution in [0.15, 0.2) is 39.9 Å². The first-order valence-electron chi connectivity index (χ1n) is 6.28. The highest BCUT2D eigenvalue weighted by atomic mass is 79.9. The van der Waals surface area contributed by atoms with Crippen LogP contribution in [-0.2, 0) is 6.54 Å². The summed E-state index contributed by atoms with van der Waals surface area (Å²) >= 11 is 15.4. The predicted molar refractivity (Wildman–Crippen MR) is 93.3 cm³/mol. The molecule has 0 aliphatic heterocycles. The van der Waals surface area contributed by atoms with Crippen LogP contribution in [-0.4, -0.2) is 18.4 Å². The molecule has 0 spiro atoms. The van der Waals surface area contributed by atoms with E-state index in [4.69, 9.17) is 27.9 Å². The maximum Gasteiger partial charge on any atom is 0.172 e. The summed E-state index contributed by atoms with van der Waals surface area (Å²) in [5.74, 6) is 0.417. The third-order valence-electron chi connectivity index (χ3n) is 2.89. The molecule has 0 saturated heterocycles. The number of phenols is 1. The summed E-state index contributed by atoms with van der Waals surface area (Å²) in [5, 5.41) is 15.0. The molecule has 2 rings (SSSR count). The lowest BCUT2D eigenvalue weighted by atomic mass is 10.2. The van der Waals surface area contributed by atoms with Crippen LogP contribution >= 0.6 is 39.1 Å². The van der Waals surface area contributed by atoms with E-state index in [0.717, 1.165) is 11.1 Å². The molecular formula is C15H13BrCl2N2O2. The van der Waals surface area contributed by atoms with Crippen LogP contribution in [0.2, 0.25) is 10.0 Å². The van der Waals surface area contributed by atoms with Crippen molar-refractivity contribution in [3.63, 3.8) is 0 Å². The summed E-state index contributed by atoms with van der Waals surface area (Å²) in [7, 11) is 1.49. The van der Waals surface area contributed by atoms with Crippen molar-refractivity contribution in [3.8, 4) is 11.5 Å². The number of hydrogen-bond donors (Lipinski definition) is 2. The Hall–Kier alpha value is -1.43. The van der Waals surface area contributed by atoms with Crippen LogP contribution in [0.5, 0.6) is 11.5 Å². The van der Waals surface area contributed by atoms with Crippen molar-refractivity contribution in [3.05, 3.63) is 56.0 Å². The summed E-state index contributed by atoms with van der Waals surface area (Å²) in [6.45, 7) is 0.408. The summed E-state index contributed by atoms with van der Waals surface area (Å²) in [5.41, 5.74) is 4.43. The third kappa shape index (κ3) is 4.06. The van der Waals surface area contributed by atoms with E-state index in [1.165, 1.54) is 7.11 Å². The molecule has 4 nitrogen and oxygen atoms in total. The van der Waals surface area contributed by atoms with Crippen LogP contribution in [0.25, 0.3) is 0 Å². The largest absolute Gasteiger partial charge is 0.503 e. The van der Waals surface area contributed by atoms with Crippen LogP contribution in [0, 0.1) is 0 Å². The minimum Gasteiger partial charge on any atom is -0.503 e. The van der Waals surface area contributed by atoms with E-state index in [1.54, 1.807) is 36.5 Å². The van der Waals surface area contributed by atoms with Crippen molar-refractivity contribution in [2.24, 2.45) is 5.10 Å². The molecule has 0 unspecified atom stereocenters. The fraction of sp³-hybridized carbons (Fsp3) is 0.133. The topological polar surface area (TPSA) is 53.8 Å². The van der Waals surface area contributed by atoms with Gasteiger partial charge in [0.05, 0.1) is 24.3 Å². The molecule has 0 radical (unpaired) electrons. The van der Waals surface area contributed by atoms with E-state index in [-0.39, 0.29) is 5.75 Å². The number of ether oxygens (including phenoxy) is 1. The molecule has 0 saturated carbocycles. The predicted octanol–water partition coefficient (Wildman–Crippen LogP) is 4.59. The van der Waals surface area contributed by atoms with Crippen molar-refractivity contribution in [1.82, 2.24) is 5.43 Å². The fourth-order valence-corrected chi connectivity index (χ4v) is 2.76. The number of hydrazone groups is 1. The second kappa shape index (κ2) is 7.72. The smallest absolute Gasteiger partial charge is 0.172 e. The van der Waals surface area contributed by atoms with Gasteiger partial charge in [0.15, 0.2) is 11.5 Å². The number of phenolic OH excluding ortho intramolecular Hbond substituents is 1. The minimum absolute atomic E-state index is 0.0514. The molecule has 2 aromatic carbocycles. The summed E-state index contributed by atoms with van der Waals surface area (Å²) in [6.07, 6.45) is 1.61. The summed E-state index contributed by atoms with van der Waals surface area (Å²) in [6, 6.07) is 8.74. The molecule has 2 N–H and O–H groups in total. The SMILES string of the molecule is COc1cc(/C=N\NCc2c(Cl)cccc2Cl)cc(Br)c1O. The molecule has 22 heavy (non-hydrogen) atoms. The first kappa shape index (κ1) is 16.9. The first-order chi connectivity index (χ1) is 10.5. The van der Waals surface area contributed by atoms with Gasteiger partial charge in [0.25, 0.3) is 0 Å². The van der Waals surface area contributed by atoms with Gasteiger partial charge in [-0.2, -0.15) is 5.10 Å². The molecule has 7 heteroatoms. The van der Waals surface area contributed by atoms with Crippen LogP contribution in [0.4, 0.5) is 0 Å². The van der Waals surface area contributed by atoms with Crippen LogP contribution in [0.3, 0.4) is 0 Å². The average molecular weight is 404 g/mol. The number of halogens is 3. The van der Waals surface area contributed by atoms with E-state index in [9.17, 15) is 5.11 Å². The highest BCUT2D eigenvalue weighted by Gasteiger charge is 2.07. The lowest BCUT2D eigenvalue weighted by Crippen LogP contribution is -2.06. The first-order valence-corrected chi connectivity index (χ1v) is 7.83. The Kier molecular flexibility index (Phi) is 5.94. The van der Waals surface area contributed by atoms with Crippen LogP contribution < -0.4 is 10.2 Å². The van der Waals surface area contributed by atoms with E-state index in [1.807, 2.05) is 0 Å². The summed E-state index contributed by atoms with van der Waals surface area (Å²) in [4.78, 5) is 0. The molecule has 0 amide bonds. The molecule has 0 atom stereocenters. The maximum absolute atomic E-state index is 9.74. The van der Waals surface area contributed by atoms with Gasteiger partial charge in [-0.05, 0) is 45.8 Å². The van der Waals surface area contributed by atoms with Crippen molar-refractivity contribution >= 4 is 45.3 Å². The molecule has 0 aliphatic carbocycles. The zero-order valence-corrected chi connectivity index (χ0v) is 14.7. The minimum atomic E-state index is 0.0514. The number of nitrogens with one attached hydrogen (secondary N) is 1. The van der Waals surface area contributed by atoms with Gasteiger partial charge in [-0.1, -0.05) is 29.3 Å². The second-order valence-electron chi connectivity index (χ2n) is 4.35. The van der Waals surface area contributed by atoms with E-state index in [0.29, 0.717) is 26.8 Å². The Morgan fingerprint density at radius 3 is 2.64 bits per heavy atom. The Balaban J connectivity index is 2.06. The van der Waals surface area contributed by atoms with Gasteiger partial charge < -0.3 is 15.3 Å². The molecular weight excluding hydrogens is 391 g/mol. The van der Waals surface area contributed by atoms with Gasteiger partial charge in [-0.15, -0.1) is 0 Å². The van der Waals surface area contributed by atoms with Gasteiger partial charge in [0.2, 0.25) is 0 Å². The van der Waals surface area contributed by atoms with Gasteiger partial charge >= 0.3 is 0 Å². The highest BCUT2D eigenvalue weighted by Crippen LogP contribution is 2.34. The monoisotopic (exact) mass is 402 g/mol. The molecule has 0 aliphatic rings. The number of rotatable bonds is 5. The lowest BCUT2D eigenvalue weighted by Gasteiger charge is -2.07. The zero-order chi connectivity index (χ0) is 16.1. The Labute approximate surface area is 146 Å². The fourth-order valence-electron chi connectivity index (χ4n) is 1.77. The maximum atomic E-state index is 9.74. The van der Waals surface area contributed by atoms with Crippen LogP contribution in [0.1, 0.15) is 11.1 Å². The van der Waals surface area contributed by atoms with Gasteiger partial charge in [0, 0.05) is 15.6 Å². The van der Waals surface area contributed by atoms with Crippen molar-refractivity contribution in [2.75, 3.05) is 7.11 Å². The zero-order valence-electron chi connectivity index (χ0n) is 11.6. The van der Waals surface area contributed by atoms with Crippen molar-refractivity contribution in [1.29, 1.82) is 0 Å². The quantitative estimate of drug-likeness (QED) is 0.566. The molecule has 0 aromatic heterocycles. The van der Waals surface area contributed by atoms with E-state index >= 15 is 0 Å². The number of hydrogen-bond acceptors (Lipinski definition) is 4. The van der Waals surface area contributed by atoms with E-state index < -0.39 is 0 Å². The molecule has 116 valence electrons. The van der Waals surface area contributed by atoms with E-state index in [2.05, 4.69) is 26.5 Å². The van der Waals surface area contributed by atoms with Crippen molar-refractivity contribution < 1.29 is 9.84 Å². The average Bonchev–Trinajstić information content (AvgIpc) is 2.49. The van der Waals surface area contributed by atoms with Crippen molar-refractivity contribution in [2.45, 2.75) is 6.54 Å². The molecule has 0 bridgehead atoms. The van der Waals surface area contributed by atoms with Gasteiger partial charge in [-0.3, -0.25) is 0 Å². The van der Waals surface area contributed by atoms with Gasteiger partial charge in [-0.25, -0.2) is 0 Å². The Morgan fingerprint density at radius 2 is 2.00 bits per heavy atom. The second-order valence-corrected chi connectivity index (χ2v) is 6.02. The highest BCUT2D eigenvalue weighted by molar-refractivity contribution is 9.10. The molecule has 0 fully saturated rings. The molecule has 2 aromatic rings. The Bertz CT molecular complexity index is 688. The normalized spacial score (nSPS) is 10.9. The standard InChI is InChI=1S/C15H13BrCl2N2O2/c1-22-14-6-9(5-11(16)15(14)21)7-19-20-8-10-12(17)3-2-4-13(10)18/h2-7,20-21H,8H2,1H3/b19-7-. The number of methoxy groups -OCH3 is 1.